The molecule has 0 saturated carbocycles. The summed E-state index contributed by atoms with van der Waals surface area (Å²) in [7, 11) is 0. The number of carbonyl (C=O) groups excluding carboxylic acids is 1. The Morgan fingerprint density at radius 1 is 1.23 bits per heavy atom. The van der Waals surface area contributed by atoms with E-state index < -0.39 is 4.92 Å². The predicted octanol–water partition coefficient (Wildman–Crippen LogP) is 3.41. The van der Waals surface area contributed by atoms with Gasteiger partial charge in [-0.1, -0.05) is 41.6 Å². The van der Waals surface area contributed by atoms with Crippen molar-refractivity contribution in [3.8, 4) is 0 Å². The highest BCUT2D eigenvalue weighted by Gasteiger charge is 2.30. The number of hydrogen-bond donors (Lipinski definition) is 1. The molecule has 0 bridgehead atoms. The van der Waals surface area contributed by atoms with Crippen molar-refractivity contribution in [2.75, 3.05) is 0 Å². The maximum atomic E-state index is 12.1. The molecule has 1 aliphatic heterocycles. The van der Waals surface area contributed by atoms with Crippen LogP contribution in [0.25, 0.3) is 0 Å². The Morgan fingerprint density at radius 3 is 2.65 bits per heavy atom. The van der Waals surface area contributed by atoms with Crippen molar-refractivity contribution in [1.82, 2.24) is 5.32 Å². The second-order valence-corrected chi connectivity index (χ2v) is 6.99. The molecule has 2 aromatic carbocycles. The number of amides is 1. The molecule has 26 heavy (non-hydrogen) atoms. The van der Waals surface area contributed by atoms with Gasteiger partial charge in [-0.2, -0.15) is 5.10 Å². The summed E-state index contributed by atoms with van der Waals surface area (Å²) in [5, 5.41) is 21.9. The minimum Gasteiger partial charge on any atom is -0.303 e. The van der Waals surface area contributed by atoms with E-state index in [1.807, 2.05) is 18.2 Å². The molecule has 0 aliphatic carbocycles. The molecule has 1 heterocycles. The number of nitro groups is 1. The third-order valence-electron chi connectivity index (χ3n) is 3.60. The summed E-state index contributed by atoms with van der Waals surface area (Å²) < 4.78 is 0. The van der Waals surface area contributed by atoms with Crippen molar-refractivity contribution in [2.45, 2.75) is 11.7 Å². The van der Waals surface area contributed by atoms with Gasteiger partial charge in [0.1, 0.15) is 0 Å². The van der Waals surface area contributed by atoms with E-state index in [2.05, 4.69) is 15.5 Å². The largest absolute Gasteiger partial charge is 0.303 e. The topological polar surface area (TPSA) is 97.0 Å². The minimum absolute atomic E-state index is 0.00879. The molecule has 1 fully saturated rings. The zero-order valence-corrected chi connectivity index (χ0v) is 14.9. The van der Waals surface area contributed by atoms with E-state index >= 15 is 0 Å². The molecule has 1 aliphatic rings. The van der Waals surface area contributed by atoms with E-state index in [1.165, 1.54) is 30.1 Å². The van der Waals surface area contributed by atoms with Crippen LogP contribution in [-0.4, -0.2) is 27.5 Å². The van der Waals surface area contributed by atoms with Crippen LogP contribution in [0.1, 0.15) is 11.1 Å². The predicted molar refractivity (Wildman–Crippen MR) is 103 cm³/mol. The quantitative estimate of drug-likeness (QED) is 0.482. The summed E-state index contributed by atoms with van der Waals surface area (Å²) in [5.74, 6) is -0.140. The number of nitrogens with zero attached hydrogens (tertiary/aromatic N) is 3. The Kier molecular flexibility index (Phi) is 5.65. The van der Waals surface area contributed by atoms with Crippen LogP contribution in [0, 0.1) is 10.1 Å². The lowest BCUT2D eigenvalue weighted by Crippen LogP contribution is -2.26. The van der Waals surface area contributed by atoms with Crippen LogP contribution in [-0.2, 0) is 11.2 Å². The number of rotatable bonds is 5. The number of nitro benzene ring substituents is 1. The summed E-state index contributed by atoms with van der Waals surface area (Å²) in [6, 6.07) is 13.3. The van der Waals surface area contributed by atoms with E-state index in [4.69, 9.17) is 11.6 Å². The first-order chi connectivity index (χ1) is 12.5. The molecule has 3 rings (SSSR count). The van der Waals surface area contributed by atoms with Gasteiger partial charge in [0, 0.05) is 17.2 Å². The summed E-state index contributed by atoms with van der Waals surface area (Å²) >= 11 is 7.42. The number of thioether (sulfide) groups is 1. The lowest BCUT2D eigenvalue weighted by atomic mass is 10.1. The van der Waals surface area contributed by atoms with Gasteiger partial charge in [0.15, 0.2) is 5.17 Å². The number of nitrogens with one attached hydrogen (secondary N) is 1. The molecular weight excluding hydrogens is 376 g/mol. The molecule has 1 saturated heterocycles. The number of hydrogen-bond acceptors (Lipinski definition) is 6. The zero-order valence-electron chi connectivity index (χ0n) is 13.3. The van der Waals surface area contributed by atoms with Gasteiger partial charge >= 0.3 is 0 Å². The van der Waals surface area contributed by atoms with E-state index in [-0.39, 0.29) is 16.8 Å². The van der Waals surface area contributed by atoms with Crippen molar-refractivity contribution in [2.24, 2.45) is 10.2 Å². The number of carbonyl (C=O) groups is 1. The number of non-ortho nitro benzene ring substituents is 1. The first-order valence-corrected chi connectivity index (χ1v) is 8.85. The Morgan fingerprint density at radius 2 is 1.96 bits per heavy atom. The highest BCUT2D eigenvalue weighted by molar-refractivity contribution is 8.15. The van der Waals surface area contributed by atoms with E-state index in [1.54, 1.807) is 18.2 Å². The summed E-state index contributed by atoms with van der Waals surface area (Å²) in [6.45, 7) is 0. The third kappa shape index (κ3) is 4.47. The number of amidine groups is 1. The van der Waals surface area contributed by atoms with Gasteiger partial charge in [0.05, 0.1) is 16.4 Å². The molecule has 2 aromatic rings. The van der Waals surface area contributed by atoms with Crippen LogP contribution < -0.4 is 5.32 Å². The molecule has 0 radical (unpaired) electrons. The SMILES string of the molecule is O=C1NC(=NN=Cc2ccc([N+](=O)[O-])cc2)SC1Cc1ccccc1Cl. The second kappa shape index (κ2) is 8.11. The van der Waals surface area contributed by atoms with Gasteiger partial charge < -0.3 is 5.32 Å². The summed E-state index contributed by atoms with van der Waals surface area (Å²) in [4.78, 5) is 22.2. The Bertz CT molecular complexity index is 899. The molecule has 1 N–H and O–H groups in total. The lowest BCUT2D eigenvalue weighted by molar-refractivity contribution is -0.384. The van der Waals surface area contributed by atoms with E-state index in [9.17, 15) is 14.9 Å². The average Bonchev–Trinajstić information content (AvgIpc) is 2.97. The van der Waals surface area contributed by atoms with Gasteiger partial charge in [-0.3, -0.25) is 14.9 Å². The Balaban J connectivity index is 1.62. The van der Waals surface area contributed by atoms with Crippen LogP contribution in [0.2, 0.25) is 5.02 Å². The van der Waals surface area contributed by atoms with Gasteiger partial charge in [0.2, 0.25) is 5.91 Å². The molecule has 7 nitrogen and oxygen atoms in total. The first-order valence-electron chi connectivity index (χ1n) is 7.59. The monoisotopic (exact) mass is 388 g/mol. The van der Waals surface area contributed by atoms with Crippen molar-refractivity contribution in [1.29, 1.82) is 0 Å². The number of halogens is 1. The summed E-state index contributed by atoms with van der Waals surface area (Å²) in [5.41, 5.74) is 1.58. The van der Waals surface area contributed by atoms with Crippen LogP contribution in [0.5, 0.6) is 0 Å². The molecule has 0 spiro atoms. The van der Waals surface area contributed by atoms with Gasteiger partial charge in [-0.25, -0.2) is 0 Å². The molecule has 0 aromatic heterocycles. The summed E-state index contributed by atoms with van der Waals surface area (Å²) in [6.07, 6.45) is 1.96. The van der Waals surface area contributed by atoms with Crippen molar-refractivity contribution < 1.29 is 9.72 Å². The first kappa shape index (κ1) is 18.1. The van der Waals surface area contributed by atoms with E-state index in [0.717, 1.165) is 5.56 Å². The smallest absolute Gasteiger partial charge is 0.269 e. The standard InChI is InChI=1S/C17H13ClN4O3S/c18-14-4-2-1-3-12(14)9-15-16(23)20-17(26-15)21-19-10-11-5-7-13(8-6-11)22(24)25/h1-8,10,15H,9H2,(H,20,21,23). The fourth-order valence-corrected chi connectivity index (χ4v) is 3.45. The highest BCUT2D eigenvalue weighted by Crippen LogP contribution is 2.26. The third-order valence-corrected chi connectivity index (χ3v) is 5.04. The molecule has 1 amide bonds. The molecule has 9 heteroatoms. The zero-order chi connectivity index (χ0) is 18.5. The highest BCUT2D eigenvalue weighted by atomic mass is 35.5. The maximum Gasteiger partial charge on any atom is 0.269 e. The average molecular weight is 389 g/mol. The van der Waals surface area contributed by atoms with Crippen LogP contribution >= 0.6 is 23.4 Å². The Labute approximate surface area is 158 Å². The molecular formula is C17H13ClN4O3S. The van der Waals surface area contributed by atoms with E-state index in [0.29, 0.717) is 22.2 Å². The van der Waals surface area contributed by atoms with Gasteiger partial charge in [-0.05, 0) is 35.7 Å². The lowest BCUT2D eigenvalue weighted by Gasteiger charge is -2.06. The fraction of sp³-hybridized carbons (Fsp3) is 0.118. The second-order valence-electron chi connectivity index (χ2n) is 5.39. The molecule has 132 valence electrons. The fourth-order valence-electron chi connectivity index (χ4n) is 2.28. The van der Waals surface area contributed by atoms with Crippen LogP contribution in [0.4, 0.5) is 5.69 Å². The van der Waals surface area contributed by atoms with Crippen LogP contribution in [0.3, 0.4) is 0 Å². The number of benzene rings is 2. The minimum atomic E-state index is -0.467. The van der Waals surface area contributed by atoms with Crippen LogP contribution in [0.15, 0.2) is 58.7 Å². The van der Waals surface area contributed by atoms with Crippen molar-refractivity contribution >= 4 is 46.3 Å². The van der Waals surface area contributed by atoms with Crippen molar-refractivity contribution in [3.05, 3.63) is 74.8 Å². The molecule has 1 unspecified atom stereocenters. The van der Waals surface area contributed by atoms with Crippen molar-refractivity contribution in [3.63, 3.8) is 0 Å². The Hall–Kier alpha value is -2.71. The molecule has 1 atom stereocenters. The van der Waals surface area contributed by atoms with Gasteiger partial charge in [0.25, 0.3) is 5.69 Å². The van der Waals surface area contributed by atoms with Gasteiger partial charge in [-0.15, -0.1) is 5.10 Å². The maximum absolute atomic E-state index is 12.1. The normalized spacial score (nSPS) is 18.4.